The Labute approximate surface area is 149 Å². The Morgan fingerprint density at radius 3 is 2.28 bits per heavy atom. The Morgan fingerprint density at radius 1 is 1.16 bits per heavy atom. The van der Waals surface area contributed by atoms with Gasteiger partial charge in [-0.25, -0.2) is 4.79 Å². The van der Waals surface area contributed by atoms with Crippen molar-refractivity contribution in [2.75, 3.05) is 0 Å². The number of ketones is 2. The monoisotopic (exact) mass is 348 g/mol. The van der Waals surface area contributed by atoms with Gasteiger partial charge in [0, 0.05) is 18.3 Å². The second-order valence-corrected chi connectivity index (χ2v) is 9.06. The quantitative estimate of drug-likeness (QED) is 0.579. The molecule has 0 N–H and O–H groups in total. The number of carbonyl (C=O) groups excluding carboxylic acids is 3. The molecule has 1 heterocycles. The number of fused-ring (bicyclic) bond motifs is 1. The summed E-state index contributed by atoms with van der Waals surface area (Å²) in [6.45, 7) is 11.4. The average molecular weight is 348 g/mol. The smallest absolute Gasteiger partial charge is 0.339 e. The highest BCUT2D eigenvalue weighted by Gasteiger charge is 2.57. The summed E-state index contributed by atoms with van der Waals surface area (Å²) in [6.07, 6.45) is 1.05. The molecule has 5 heteroatoms. The molecule has 1 aliphatic heterocycles. The van der Waals surface area contributed by atoms with Gasteiger partial charge in [0.2, 0.25) is 0 Å². The van der Waals surface area contributed by atoms with Gasteiger partial charge in [0.25, 0.3) is 0 Å². The van der Waals surface area contributed by atoms with Crippen molar-refractivity contribution in [3.8, 4) is 0 Å². The van der Waals surface area contributed by atoms with Crippen molar-refractivity contribution in [2.24, 2.45) is 11.3 Å². The van der Waals surface area contributed by atoms with Crippen molar-refractivity contribution in [3.05, 3.63) is 11.1 Å². The first-order valence-electron chi connectivity index (χ1n) is 9.10. The van der Waals surface area contributed by atoms with E-state index in [1.165, 1.54) is 0 Å². The SMILES string of the molecule is CC(C)C1=C2CCC(C)(OC(=O)C3OC3(C)C)C(=O)CC2(C)CC1=O. The van der Waals surface area contributed by atoms with Crippen molar-refractivity contribution < 1.29 is 23.9 Å². The van der Waals surface area contributed by atoms with E-state index in [2.05, 4.69) is 0 Å². The van der Waals surface area contributed by atoms with Crippen LogP contribution in [-0.2, 0) is 23.9 Å². The van der Waals surface area contributed by atoms with Gasteiger partial charge in [-0.1, -0.05) is 26.3 Å². The summed E-state index contributed by atoms with van der Waals surface area (Å²) in [5, 5.41) is 0. The van der Waals surface area contributed by atoms with Crippen LogP contribution >= 0.6 is 0 Å². The zero-order chi connectivity index (χ0) is 18.8. The van der Waals surface area contributed by atoms with Crippen LogP contribution < -0.4 is 0 Å². The molecule has 25 heavy (non-hydrogen) atoms. The van der Waals surface area contributed by atoms with Crippen LogP contribution in [0.1, 0.15) is 67.2 Å². The number of ether oxygens (including phenoxy) is 2. The Kier molecular flexibility index (Phi) is 4.03. The van der Waals surface area contributed by atoms with Gasteiger partial charge in [0.05, 0.1) is 0 Å². The van der Waals surface area contributed by atoms with Crippen LogP contribution in [0.4, 0.5) is 0 Å². The molecule has 1 saturated heterocycles. The number of esters is 1. The molecule has 138 valence electrons. The molecule has 0 spiro atoms. The summed E-state index contributed by atoms with van der Waals surface area (Å²) in [6, 6.07) is 0. The highest BCUT2D eigenvalue weighted by Crippen LogP contribution is 2.51. The molecule has 3 aliphatic rings. The maximum Gasteiger partial charge on any atom is 0.339 e. The molecule has 1 saturated carbocycles. The van der Waals surface area contributed by atoms with Crippen molar-refractivity contribution in [2.45, 2.75) is 84.5 Å². The maximum atomic E-state index is 13.0. The van der Waals surface area contributed by atoms with Crippen LogP contribution in [-0.4, -0.2) is 34.8 Å². The van der Waals surface area contributed by atoms with E-state index in [0.29, 0.717) is 19.3 Å². The maximum absolute atomic E-state index is 13.0. The van der Waals surface area contributed by atoms with Crippen LogP contribution in [0, 0.1) is 11.3 Å². The Bertz CT molecular complexity index is 686. The van der Waals surface area contributed by atoms with Crippen LogP contribution in [0.25, 0.3) is 0 Å². The minimum absolute atomic E-state index is 0.102. The zero-order valence-electron chi connectivity index (χ0n) is 16.0. The molecule has 5 nitrogen and oxygen atoms in total. The minimum Gasteiger partial charge on any atom is -0.449 e. The van der Waals surface area contributed by atoms with Gasteiger partial charge in [0.15, 0.2) is 23.3 Å². The standard InChI is InChI=1S/C20H28O5/c1-11(2)15-12-7-8-20(6,25-17(23)16-18(3,4)24-16)14(22)10-19(12,5)9-13(15)21/h11,16H,7-10H2,1-6H3. The van der Waals surface area contributed by atoms with Crippen LogP contribution in [0.5, 0.6) is 0 Å². The molecular formula is C20H28O5. The molecule has 0 aromatic heterocycles. The first kappa shape index (κ1) is 18.3. The van der Waals surface area contributed by atoms with E-state index in [4.69, 9.17) is 9.47 Å². The number of epoxide rings is 1. The van der Waals surface area contributed by atoms with Gasteiger partial charge >= 0.3 is 5.97 Å². The molecule has 0 bridgehead atoms. The van der Waals surface area contributed by atoms with E-state index in [1.54, 1.807) is 6.92 Å². The Balaban J connectivity index is 1.86. The number of carbonyl (C=O) groups is 3. The summed E-state index contributed by atoms with van der Waals surface area (Å²) in [5.74, 6) is -0.261. The molecule has 0 aromatic carbocycles. The van der Waals surface area contributed by atoms with Gasteiger partial charge in [-0.15, -0.1) is 0 Å². The third-order valence-electron chi connectivity index (χ3n) is 6.01. The number of hydrogen-bond acceptors (Lipinski definition) is 5. The molecule has 3 rings (SSSR count). The molecule has 3 atom stereocenters. The minimum atomic E-state index is -1.15. The van der Waals surface area contributed by atoms with Crippen molar-refractivity contribution >= 4 is 17.5 Å². The van der Waals surface area contributed by atoms with Crippen molar-refractivity contribution in [1.82, 2.24) is 0 Å². The Hall–Kier alpha value is -1.49. The average Bonchev–Trinajstić information content (AvgIpc) is 3.03. The molecule has 0 aromatic rings. The topological polar surface area (TPSA) is 73.0 Å². The number of hydrogen-bond donors (Lipinski definition) is 0. The van der Waals surface area contributed by atoms with Crippen LogP contribution in [0.3, 0.4) is 0 Å². The van der Waals surface area contributed by atoms with E-state index in [9.17, 15) is 14.4 Å². The van der Waals surface area contributed by atoms with Gasteiger partial charge < -0.3 is 9.47 Å². The van der Waals surface area contributed by atoms with Crippen molar-refractivity contribution in [1.29, 1.82) is 0 Å². The summed E-state index contributed by atoms with van der Waals surface area (Å²) in [5.41, 5.74) is -0.136. The van der Waals surface area contributed by atoms with E-state index in [-0.39, 0.29) is 23.9 Å². The predicted octanol–water partition coefficient (Wildman–Crippen LogP) is 3.15. The molecular weight excluding hydrogens is 320 g/mol. The van der Waals surface area contributed by atoms with E-state index in [0.717, 1.165) is 11.1 Å². The van der Waals surface area contributed by atoms with Crippen molar-refractivity contribution in [3.63, 3.8) is 0 Å². The third kappa shape index (κ3) is 2.97. The summed E-state index contributed by atoms with van der Waals surface area (Å²) in [7, 11) is 0. The lowest BCUT2D eigenvalue weighted by Gasteiger charge is -2.28. The fraction of sp³-hybridized carbons (Fsp3) is 0.750. The number of rotatable bonds is 3. The molecule has 0 amide bonds. The van der Waals surface area contributed by atoms with Gasteiger partial charge in [-0.2, -0.15) is 0 Å². The largest absolute Gasteiger partial charge is 0.449 e. The van der Waals surface area contributed by atoms with Gasteiger partial charge in [-0.05, 0) is 45.1 Å². The molecule has 3 unspecified atom stereocenters. The molecule has 2 aliphatic carbocycles. The van der Waals surface area contributed by atoms with Crippen LogP contribution in [0.15, 0.2) is 11.1 Å². The number of allylic oxidation sites excluding steroid dienone is 2. The Morgan fingerprint density at radius 2 is 1.76 bits per heavy atom. The molecule has 0 radical (unpaired) electrons. The highest BCUT2D eigenvalue weighted by molar-refractivity contribution is 6.02. The van der Waals surface area contributed by atoms with E-state index in [1.807, 2.05) is 34.6 Å². The summed E-state index contributed by atoms with van der Waals surface area (Å²) < 4.78 is 11.0. The normalized spacial score (nSPS) is 37.2. The fourth-order valence-electron chi connectivity index (χ4n) is 4.36. The number of Topliss-reactive ketones (excluding diaryl/α,β-unsaturated/α-hetero) is 2. The van der Waals surface area contributed by atoms with Gasteiger partial charge in [-0.3, -0.25) is 9.59 Å². The highest BCUT2D eigenvalue weighted by atomic mass is 16.7. The van der Waals surface area contributed by atoms with Gasteiger partial charge in [0.1, 0.15) is 5.60 Å². The summed E-state index contributed by atoms with van der Waals surface area (Å²) >= 11 is 0. The lowest BCUT2D eigenvalue weighted by molar-refractivity contribution is -0.167. The van der Waals surface area contributed by atoms with E-state index >= 15 is 0 Å². The zero-order valence-corrected chi connectivity index (χ0v) is 16.0. The second-order valence-electron chi connectivity index (χ2n) is 9.06. The first-order valence-corrected chi connectivity index (χ1v) is 9.10. The summed E-state index contributed by atoms with van der Waals surface area (Å²) in [4.78, 5) is 37.7. The third-order valence-corrected chi connectivity index (χ3v) is 6.01. The lowest BCUT2D eigenvalue weighted by atomic mass is 9.78. The second kappa shape index (κ2) is 5.50. The molecule has 2 fully saturated rings. The fourth-order valence-corrected chi connectivity index (χ4v) is 4.36. The van der Waals surface area contributed by atoms with Crippen LogP contribution in [0.2, 0.25) is 0 Å². The predicted molar refractivity (Wildman–Crippen MR) is 91.9 cm³/mol. The first-order chi connectivity index (χ1) is 11.4. The van der Waals surface area contributed by atoms with E-state index < -0.39 is 28.7 Å². The lowest BCUT2D eigenvalue weighted by Crippen LogP contribution is -2.42.